The first kappa shape index (κ1) is 18.5. The Bertz CT molecular complexity index is 585. The van der Waals surface area contributed by atoms with E-state index in [1.54, 1.807) is 24.3 Å². The minimum absolute atomic E-state index is 0.174. The van der Waals surface area contributed by atoms with E-state index >= 15 is 0 Å². The van der Waals surface area contributed by atoms with Gasteiger partial charge in [-0.3, -0.25) is 9.52 Å². The smallest absolute Gasteiger partial charge is 0.251 e. The number of hydrogen-bond donors (Lipinski definition) is 2. The summed E-state index contributed by atoms with van der Waals surface area (Å²) in [4.78, 5) is 12.2. The van der Waals surface area contributed by atoms with Crippen molar-refractivity contribution in [2.24, 2.45) is 5.92 Å². The Labute approximate surface area is 133 Å². The summed E-state index contributed by atoms with van der Waals surface area (Å²) in [5, 5.41) is 2.93. The Morgan fingerprint density at radius 1 is 1.27 bits per heavy atom. The van der Waals surface area contributed by atoms with E-state index in [4.69, 9.17) is 0 Å². The van der Waals surface area contributed by atoms with Crippen LogP contribution in [0.2, 0.25) is 0 Å². The van der Waals surface area contributed by atoms with Gasteiger partial charge < -0.3 is 5.32 Å². The van der Waals surface area contributed by atoms with Gasteiger partial charge in [0.2, 0.25) is 10.0 Å². The highest BCUT2D eigenvalue weighted by atomic mass is 32.2. The molecule has 6 heteroatoms. The van der Waals surface area contributed by atoms with Crippen molar-refractivity contribution in [3.8, 4) is 0 Å². The summed E-state index contributed by atoms with van der Waals surface area (Å²) < 4.78 is 24.8. The summed E-state index contributed by atoms with van der Waals surface area (Å²) in [5.74, 6) is 0.313. The van der Waals surface area contributed by atoms with Crippen LogP contribution in [0.1, 0.15) is 49.9 Å². The molecule has 5 nitrogen and oxygen atoms in total. The summed E-state index contributed by atoms with van der Waals surface area (Å²) in [6, 6.07) is 6.50. The molecule has 0 radical (unpaired) electrons. The van der Waals surface area contributed by atoms with Crippen LogP contribution >= 0.6 is 0 Å². The van der Waals surface area contributed by atoms with Gasteiger partial charge >= 0.3 is 0 Å². The van der Waals surface area contributed by atoms with Crippen molar-refractivity contribution in [1.29, 1.82) is 0 Å². The van der Waals surface area contributed by atoms with E-state index in [0.717, 1.165) is 25.5 Å². The largest absolute Gasteiger partial charge is 0.352 e. The Kier molecular flexibility index (Phi) is 7.38. The molecule has 1 amide bonds. The van der Waals surface area contributed by atoms with Crippen LogP contribution in [-0.4, -0.2) is 27.1 Å². The predicted octanol–water partition coefficient (Wildman–Crippen LogP) is 3.00. The van der Waals surface area contributed by atoms with Crippen LogP contribution in [0.4, 0.5) is 5.69 Å². The van der Waals surface area contributed by atoms with Gasteiger partial charge in [-0.1, -0.05) is 39.2 Å². The maximum Gasteiger partial charge on any atom is 0.251 e. The maximum atomic E-state index is 12.2. The summed E-state index contributed by atoms with van der Waals surface area (Å²) in [6.07, 6.45) is 5.56. The predicted molar refractivity (Wildman–Crippen MR) is 90.5 cm³/mol. The molecule has 22 heavy (non-hydrogen) atoms. The number of hydrogen-bond acceptors (Lipinski definition) is 3. The van der Waals surface area contributed by atoms with Crippen LogP contribution in [0.5, 0.6) is 0 Å². The zero-order chi connectivity index (χ0) is 16.6. The average Bonchev–Trinajstić information content (AvgIpc) is 2.45. The third-order valence-corrected chi connectivity index (χ3v) is 4.13. The molecule has 1 aromatic carbocycles. The Morgan fingerprint density at radius 3 is 2.59 bits per heavy atom. The van der Waals surface area contributed by atoms with Gasteiger partial charge in [0.1, 0.15) is 0 Å². The molecule has 0 spiro atoms. The normalized spacial score (nSPS) is 12.7. The van der Waals surface area contributed by atoms with E-state index in [9.17, 15) is 13.2 Å². The molecule has 0 aliphatic heterocycles. The lowest BCUT2D eigenvalue weighted by Crippen LogP contribution is -2.29. The highest BCUT2D eigenvalue weighted by Gasteiger charge is 2.11. The van der Waals surface area contributed by atoms with Gasteiger partial charge in [-0.2, -0.15) is 0 Å². The van der Waals surface area contributed by atoms with E-state index in [0.29, 0.717) is 23.7 Å². The van der Waals surface area contributed by atoms with Gasteiger partial charge in [-0.05, 0) is 30.5 Å². The van der Waals surface area contributed by atoms with E-state index in [-0.39, 0.29) is 5.91 Å². The molecule has 1 rings (SSSR count). The highest BCUT2D eigenvalue weighted by Crippen LogP contribution is 2.14. The van der Waals surface area contributed by atoms with Crippen LogP contribution in [0.25, 0.3) is 0 Å². The monoisotopic (exact) mass is 326 g/mol. The van der Waals surface area contributed by atoms with Gasteiger partial charge in [0, 0.05) is 17.8 Å². The van der Waals surface area contributed by atoms with Crippen LogP contribution in [-0.2, 0) is 10.0 Å². The van der Waals surface area contributed by atoms with E-state index < -0.39 is 10.0 Å². The molecule has 1 aromatic rings. The molecule has 0 fully saturated rings. The van der Waals surface area contributed by atoms with Crippen molar-refractivity contribution in [2.75, 3.05) is 17.5 Å². The molecule has 2 N–H and O–H groups in total. The number of carbonyl (C=O) groups excluding carboxylic acids is 1. The number of sulfonamides is 1. The minimum atomic E-state index is -3.34. The lowest BCUT2D eigenvalue weighted by atomic mass is 9.99. The lowest BCUT2D eigenvalue weighted by molar-refractivity contribution is 0.0946. The minimum Gasteiger partial charge on any atom is -0.352 e. The topological polar surface area (TPSA) is 75.3 Å². The van der Waals surface area contributed by atoms with Gasteiger partial charge in [-0.15, -0.1) is 0 Å². The van der Waals surface area contributed by atoms with Gasteiger partial charge in [0.25, 0.3) is 5.91 Å². The third kappa shape index (κ3) is 6.93. The van der Waals surface area contributed by atoms with Crippen molar-refractivity contribution in [2.45, 2.75) is 39.5 Å². The third-order valence-electron chi connectivity index (χ3n) is 3.52. The van der Waals surface area contributed by atoms with E-state index in [2.05, 4.69) is 23.9 Å². The summed E-state index contributed by atoms with van der Waals surface area (Å²) >= 11 is 0. The standard InChI is InChI=1S/C16H26N2O3S/c1-4-6-8-13(5-2)12-17-16(19)14-9-7-10-15(11-14)18-22(3,20)21/h7,9-11,13,18H,4-6,8,12H2,1-3H3,(H,17,19)/t13-/m1/s1. The summed E-state index contributed by atoms with van der Waals surface area (Å²) in [6.45, 7) is 4.94. The second-order valence-corrected chi connectivity index (χ2v) is 7.33. The number of rotatable bonds is 9. The van der Waals surface area contributed by atoms with Crippen LogP contribution < -0.4 is 10.0 Å². The molecule has 0 saturated carbocycles. The second-order valence-electron chi connectivity index (χ2n) is 5.58. The highest BCUT2D eigenvalue weighted by molar-refractivity contribution is 7.92. The quantitative estimate of drug-likeness (QED) is 0.732. The van der Waals surface area contributed by atoms with E-state index in [1.807, 2.05) is 0 Å². The van der Waals surface area contributed by atoms with E-state index in [1.165, 1.54) is 6.42 Å². The first-order valence-electron chi connectivity index (χ1n) is 7.71. The number of carbonyl (C=O) groups is 1. The zero-order valence-corrected chi connectivity index (χ0v) is 14.4. The van der Waals surface area contributed by atoms with Crippen LogP contribution in [0.15, 0.2) is 24.3 Å². The number of unbranched alkanes of at least 4 members (excludes halogenated alkanes) is 1. The fraction of sp³-hybridized carbons (Fsp3) is 0.562. The molecule has 0 bridgehead atoms. The summed E-state index contributed by atoms with van der Waals surface area (Å²) in [7, 11) is -3.34. The van der Waals surface area contributed by atoms with Crippen LogP contribution in [0, 0.1) is 5.92 Å². The molecule has 124 valence electrons. The summed E-state index contributed by atoms with van der Waals surface area (Å²) in [5.41, 5.74) is 0.854. The van der Waals surface area contributed by atoms with Crippen molar-refractivity contribution in [3.63, 3.8) is 0 Å². The van der Waals surface area contributed by atoms with Gasteiger partial charge in [0.05, 0.1) is 6.26 Å². The maximum absolute atomic E-state index is 12.2. The molecule has 0 aliphatic rings. The molecular formula is C16H26N2O3S. The average molecular weight is 326 g/mol. The molecular weight excluding hydrogens is 300 g/mol. The number of amides is 1. The molecule has 0 aliphatic carbocycles. The van der Waals surface area contributed by atoms with Crippen molar-refractivity contribution < 1.29 is 13.2 Å². The lowest BCUT2D eigenvalue weighted by Gasteiger charge is -2.15. The fourth-order valence-electron chi connectivity index (χ4n) is 2.22. The van der Waals surface area contributed by atoms with Gasteiger partial charge in [-0.25, -0.2) is 8.42 Å². The van der Waals surface area contributed by atoms with Crippen molar-refractivity contribution in [1.82, 2.24) is 5.32 Å². The molecule has 0 saturated heterocycles. The fourth-order valence-corrected chi connectivity index (χ4v) is 2.78. The SMILES string of the molecule is CCCC[C@@H](CC)CNC(=O)c1cccc(NS(C)(=O)=O)c1. The van der Waals surface area contributed by atoms with Crippen molar-refractivity contribution >= 4 is 21.6 Å². The first-order valence-corrected chi connectivity index (χ1v) is 9.61. The van der Waals surface area contributed by atoms with Crippen molar-refractivity contribution in [3.05, 3.63) is 29.8 Å². The van der Waals surface area contributed by atoms with Crippen LogP contribution in [0.3, 0.4) is 0 Å². The molecule has 0 unspecified atom stereocenters. The number of nitrogens with one attached hydrogen (secondary N) is 2. The Hall–Kier alpha value is -1.56. The molecule has 1 atom stereocenters. The van der Waals surface area contributed by atoms with Gasteiger partial charge in [0.15, 0.2) is 0 Å². The molecule has 0 aromatic heterocycles. The Balaban J connectivity index is 2.63. The zero-order valence-electron chi connectivity index (χ0n) is 13.6. The Morgan fingerprint density at radius 2 is 2.00 bits per heavy atom. The number of anilines is 1. The first-order chi connectivity index (χ1) is 10.4. The molecule has 0 heterocycles. The second kappa shape index (κ2) is 8.78. The number of benzene rings is 1.